The molecule has 0 atom stereocenters. The number of halogens is 1. The van der Waals surface area contributed by atoms with E-state index in [0.29, 0.717) is 0 Å². The molecule has 2 N–H and O–H groups in total. The minimum atomic E-state index is 0.744. The Bertz CT molecular complexity index is 728. The Morgan fingerprint density at radius 3 is 3.05 bits per heavy atom. The van der Waals surface area contributed by atoms with Crippen LogP contribution in [0.4, 0.5) is 0 Å². The van der Waals surface area contributed by atoms with Gasteiger partial charge in [-0.15, -0.1) is 0 Å². The van der Waals surface area contributed by atoms with E-state index in [9.17, 15) is 0 Å². The Morgan fingerprint density at radius 2 is 2.26 bits per heavy atom. The zero-order valence-electron chi connectivity index (χ0n) is 10.7. The van der Waals surface area contributed by atoms with Crippen LogP contribution in [0.15, 0.2) is 29.3 Å². The zero-order valence-corrected chi connectivity index (χ0v) is 12.3. The standard InChI is InChI=1S/C13H14BrN5/c1-15-6-10-12(18-13(14)17-10)8-3-4-11-9(5-8)16-7-19(11)2/h3-5,7,15H,6H2,1-2H3,(H,17,18). The van der Waals surface area contributed by atoms with Crippen molar-refractivity contribution in [1.29, 1.82) is 0 Å². The lowest BCUT2D eigenvalue weighted by Crippen LogP contribution is -2.06. The summed E-state index contributed by atoms with van der Waals surface area (Å²) >= 11 is 3.39. The molecule has 1 aromatic carbocycles. The number of aryl methyl sites for hydroxylation is 1. The Hall–Kier alpha value is -1.66. The van der Waals surface area contributed by atoms with Crippen LogP contribution in [0.5, 0.6) is 0 Å². The monoisotopic (exact) mass is 319 g/mol. The molecular weight excluding hydrogens is 306 g/mol. The minimum absolute atomic E-state index is 0.744. The summed E-state index contributed by atoms with van der Waals surface area (Å²) in [6.07, 6.45) is 1.82. The average Bonchev–Trinajstić information content (AvgIpc) is 2.94. The molecule has 98 valence electrons. The SMILES string of the molecule is CNCc1[nH]c(Br)nc1-c1ccc2c(c1)ncn2C. The Balaban J connectivity index is 2.13. The van der Waals surface area contributed by atoms with Crippen molar-refractivity contribution >= 4 is 27.0 Å². The molecule has 0 aliphatic carbocycles. The molecule has 3 aromatic rings. The van der Waals surface area contributed by atoms with Gasteiger partial charge in [0.05, 0.1) is 28.7 Å². The molecule has 0 radical (unpaired) electrons. The van der Waals surface area contributed by atoms with E-state index in [2.05, 4.69) is 54.4 Å². The van der Waals surface area contributed by atoms with Crippen molar-refractivity contribution in [3.8, 4) is 11.3 Å². The molecule has 0 aliphatic heterocycles. The fourth-order valence-electron chi connectivity index (χ4n) is 2.20. The lowest BCUT2D eigenvalue weighted by atomic mass is 10.1. The first kappa shape index (κ1) is 12.4. The minimum Gasteiger partial charge on any atom is -0.335 e. The van der Waals surface area contributed by atoms with Crippen LogP contribution in [-0.2, 0) is 13.6 Å². The summed E-state index contributed by atoms with van der Waals surface area (Å²) in [6.45, 7) is 0.744. The number of benzene rings is 1. The predicted molar refractivity (Wildman–Crippen MR) is 78.8 cm³/mol. The molecule has 0 bridgehead atoms. The molecular formula is C13H14BrN5. The second-order valence-electron chi connectivity index (χ2n) is 4.44. The van der Waals surface area contributed by atoms with Gasteiger partial charge in [-0.2, -0.15) is 0 Å². The molecule has 2 aromatic heterocycles. The molecule has 19 heavy (non-hydrogen) atoms. The maximum atomic E-state index is 4.50. The predicted octanol–water partition coefficient (Wildman–Crippen LogP) is 2.45. The van der Waals surface area contributed by atoms with Gasteiger partial charge in [0, 0.05) is 19.2 Å². The number of aromatic nitrogens is 4. The molecule has 0 unspecified atom stereocenters. The second kappa shape index (κ2) is 4.79. The molecule has 6 heteroatoms. The topological polar surface area (TPSA) is 58.5 Å². The van der Waals surface area contributed by atoms with Gasteiger partial charge in [-0.3, -0.25) is 0 Å². The maximum Gasteiger partial charge on any atom is 0.175 e. The van der Waals surface area contributed by atoms with Crippen molar-refractivity contribution in [2.24, 2.45) is 7.05 Å². The summed E-state index contributed by atoms with van der Waals surface area (Å²) in [6, 6.07) is 6.21. The van der Waals surface area contributed by atoms with Gasteiger partial charge in [0.2, 0.25) is 0 Å². The van der Waals surface area contributed by atoms with Crippen molar-refractivity contribution in [1.82, 2.24) is 24.8 Å². The van der Waals surface area contributed by atoms with Crippen LogP contribution in [0.2, 0.25) is 0 Å². The average molecular weight is 320 g/mol. The summed E-state index contributed by atoms with van der Waals surface area (Å²) < 4.78 is 2.75. The van der Waals surface area contributed by atoms with Gasteiger partial charge >= 0.3 is 0 Å². The summed E-state index contributed by atoms with van der Waals surface area (Å²) in [5.74, 6) is 0. The Morgan fingerprint density at radius 1 is 1.42 bits per heavy atom. The first-order valence-electron chi connectivity index (χ1n) is 5.99. The zero-order chi connectivity index (χ0) is 13.4. The largest absolute Gasteiger partial charge is 0.335 e. The van der Waals surface area contributed by atoms with E-state index in [1.807, 2.05) is 25.0 Å². The smallest absolute Gasteiger partial charge is 0.175 e. The highest BCUT2D eigenvalue weighted by atomic mass is 79.9. The van der Waals surface area contributed by atoms with Gasteiger partial charge in [-0.05, 0) is 35.1 Å². The van der Waals surface area contributed by atoms with E-state index in [0.717, 1.165) is 39.3 Å². The normalized spacial score (nSPS) is 11.3. The second-order valence-corrected chi connectivity index (χ2v) is 5.20. The Kier molecular flexibility index (Phi) is 3.12. The van der Waals surface area contributed by atoms with E-state index < -0.39 is 0 Å². The molecule has 0 amide bonds. The summed E-state index contributed by atoms with van der Waals surface area (Å²) in [7, 11) is 3.91. The van der Waals surface area contributed by atoms with Gasteiger partial charge in [0.1, 0.15) is 0 Å². The third kappa shape index (κ3) is 2.17. The van der Waals surface area contributed by atoms with Crippen LogP contribution >= 0.6 is 15.9 Å². The van der Waals surface area contributed by atoms with Gasteiger partial charge < -0.3 is 14.9 Å². The fourth-order valence-corrected chi connectivity index (χ4v) is 2.62. The lowest BCUT2D eigenvalue weighted by molar-refractivity contribution is 0.797. The van der Waals surface area contributed by atoms with Crippen LogP contribution in [0.1, 0.15) is 5.69 Å². The van der Waals surface area contributed by atoms with Crippen molar-refractivity contribution in [2.75, 3.05) is 7.05 Å². The van der Waals surface area contributed by atoms with E-state index in [1.54, 1.807) is 0 Å². The summed E-state index contributed by atoms with van der Waals surface area (Å²) in [5.41, 5.74) is 5.18. The number of hydrogen-bond acceptors (Lipinski definition) is 3. The van der Waals surface area contributed by atoms with Crippen LogP contribution in [0.25, 0.3) is 22.3 Å². The number of aromatic amines is 1. The molecule has 0 saturated carbocycles. The van der Waals surface area contributed by atoms with E-state index in [1.165, 1.54) is 0 Å². The number of hydrogen-bond donors (Lipinski definition) is 2. The number of imidazole rings is 2. The Labute approximate surface area is 119 Å². The van der Waals surface area contributed by atoms with Crippen molar-refractivity contribution < 1.29 is 0 Å². The molecule has 3 rings (SSSR count). The van der Waals surface area contributed by atoms with Crippen LogP contribution in [-0.4, -0.2) is 26.6 Å². The molecule has 0 spiro atoms. The van der Waals surface area contributed by atoms with E-state index >= 15 is 0 Å². The van der Waals surface area contributed by atoms with Crippen molar-refractivity contribution in [2.45, 2.75) is 6.54 Å². The van der Waals surface area contributed by atoms with Crippen LogP contribution in [0, 0.1) is 0 Å². The van der Waals surface area contributed by atoms with Gasteiger partial charge in [0.25, 0.3) is 0 Å². The van der Waals surface area contributed by atoms with Gasteiger partial charge in [0.15, 0.2) is 4.73 Å². The number of nitrogens with zero attached hydrogens (tertiary/aromatic N) is 3. The molecule has 0 aliphatic rings. The van der Waals surface area contributed by atoms with Gasteiger partial charge in [-0.25, -0.2) is 9.97 Å². The maximum absolute atomic E-state index is 4.50. The molecule has 0 saturated heterocycles. The van der Waals surface area contributed by atoms with Crippen molar-refractivity contribution in [3.63, 3.8) is 0 Å². The highest BCUT2D eigenvalue weighted by molar-refractivity contribution is 9.10. The first-order chi connectivity index (χ1) is 9.19. The highest BCUT2D eigenvalue weighted by Gasteiger charge is 2.12. The lowest BCUT2D eigenvalue weighted by Gasteiger charge is -2.02. The molecule has 5 nitrogen and oxygen atoms in total. The van der Waals surface area contributed by atoms with E-state index in [-0.39, 0.29) is 0 Å². The van der Waals surface area contributed by atoms with Gasteiger partial charge in [-0.1, -0.05) is 6.07 Å². The first-order valence-corrected chi connectivity index (χ1v) is 6.79. The quantitative estimate of drug-likeness (QED) is 0.779. The third-order valence-corrected chi connectivity index (χ3v) is 3.48. The summed E-state index contributed by atoms with van der Waals surface area (Å²) in [5, 5.41) is 3.14. The summed E-state index contributed by atoms with van der Waals surface area (Å²) in [4.78, 5) is 12.1. The number of fused-ring (bicyclic) bond motifs is 1. The molecule has 0 fully saturated rings. The number of H-pyrrole nitrogens is 1. The van der Waals surface area contributed by atoms with Crippen LogP contribution in [0.3, 0.4) is 0 Å². The molecule has 2 heterocycles. The van der Waals surface area contributed by atoms with Crippen LogP contribution < -0.4 is 5.32 Å². The van der Waals surface area contributed by atoms with E-state index in [4.69, 9.17) is 0 Å². The number of rotatable bonds is 3. The fraction of sp³-hybridized carbons (Fsp3) is 0.231. The van der Waals surface area contributed by atoms with Crippen molar-refractivity contribution in [3.05, 3.63) is 35.0 Å². The number of nitrogens with one attached hydrogen (secondary N) is 2. The third-order valence-electron chi connectivity index (χ3n) is 3.10. The highest BCUT2D eigenvalue weighted by Crippen LogP contribution is 2.26.